The van der Waals surface area contributed by atoms with Crippen LogP contribution in [-0.4, -0.2) is 25.7 Å². The van der Waals surface area contributed by atoms with Gasteiger partial charge >= 0.3 is 0 Å². The van der Waals surface area contributed by atoms with E-state index in [2.05, 4.69) is 10.6 Å². The maximum absolute atomic E-state index is 12.2. The van der Waals surface area contributed by atoms with Crippen LogP contribution in [0.25, 0.3) is 0 Å². The van der Waals surface area contributed by atoms with E-state index < -0.39 is 0 Å². The number of hydrogen-bond donors (Lipinski definition) is 2. The Morgan fingerprint density at radius 3 is 2.18 bits per heavy atom. The fourth-order valence-electron chi connectivity index (χ4n) is 2.63. The second-order valence-corrected chi connectivity index (χ2v) is 6.14. The Labute approximate surface area is 165 Å². The normalized spacial score (nSPS) is 10.3. The topological polar surface area (TPSA) is 59.6 Å². The summed E-state index contributed by atoms with van der Waals surface area (Å²) in [5.41, 5.74) is 1.78. The SMILES string of the molecule is O=C(CNCc1ccccc1)Nc1ccccc1OCCOc1ccccc1. The first kappa shape index (κ1) is 19.5. The minimum atomic E-state index is -0.118. The molecule has 0 aliphatic carbocycles. The van der Waals surface area contributed by atoms with Gasteiger partial charge in [0.25, 0.3) is 0 Å². The zero-order valence-electron chi connectivity index (χ0n) is 15.6. The molecule has 0 aliphatic heterocycles. The van der Waals surface area contributed by atoms with Crippen LogP contribution in [0.5, 0.6) is 11.5 Å². The molecule has 0 fully saturated rings. The zero-order chi connectivity index (χ0) is 19.4. The Morgan fingerprint density at radius 1 is 0.750 bits per heavy atom. The molecule has 3 aromatic carbocycles. The average molecular weight is 376 g/mol. The number of carbonyl (C=O) groups excluding carboxylic acids is 1. The summed E-state index contributed by atoms with van der Waals surface area (Å²) in [5, 5.41) is 6.03. The van der Waals surface area contributed by atoms with Crippen LogP contribution in [0.4, 0.5) is 5.69 Å². The van der Waals surface area contributed by atoms with Crippen LogP contribution in [0, 0.1) is 0 Å². The molecule has 0 heterocycles. The highest BCUT2D eigenvalue weighted by Crippen LogP contribution is 2.23. The van der Waals surface area contributed by atoms with Crippen molar-refractivity contribution in [3.05, 3.63) is 90.5 Å². The summed E-state index contributed by atoms with van der Waals surface area (Å²) < 4.78 is 11.4. The van der Waals surface area contributed by atoms with Crippen molar-refractivity contribution in [2.24, 2.45) is 0 Å². The van der Waals surface area contributed by atoms with Crippen molar-refractivity contribution >= 4 is 11.6 Å². The third kappa shape index (κ3) is 6.45. The number of anilines is 1. The highest BCUT2D eigenvalue weighted by Gasteiger charge is 2.07. The minimum Gasteiger partial charge on any atom is -0.490 e. The summed E-state index contributed by atoms with van der Waals surface area (Å²) in [6.07, 6.45) is 0. The first-order valence-electron chi connectivity index (χ1n) is 9.25. The summed E-state index contributed by atoms with van der Waals surface area (Å²) in [4.78, 5) is 12.2. The van der Waals surface area contributed by atoms with E-state index in [-0.39, 0.29) is 12.5 Å². The Balaban J connectivity index is 1.43. The molecule has 0 atom stereocenters. The standard InChI is InChI=1S/C23H24N2O3/c26-23(18-24-17-19-9-3-1-4-10-19)25-21-13-7-8-14-22(21)28-16-15-27-20-11-5-2-6-12-20/h1-14,24H,15-18H2,(H,25,26). The molecule has 3 rings (SSSR count). The highest BCUT2D eigenvalue weighted by molar-refractivity contribution is 5.93. The number of benzene rings is 3. The van der Waals surface area contributed by atoms with Crippen LogP contribution < -0.4 is 20.1 Å². The molecular weight excluding hydrogens is 352 g/mol. The van der Waals surface area contributed by atoms with Gasteiger partial charge in [0.1, 0.15) is 24.7 Å². The molecule has 2 N–H and O–H groups in total. The maximum atomic E-state index is 12.2. The van der Waals surface area contributed by atoms with Gasteiger partial charge in [-0.25, -0.2) is 0 Å². The van der Waals surface area contributed by atoms with E-state index in [1.54, 1.807) is 0 Å². The van der Waals surface area contributed by atoms with E-state index in [9.17, 15) is 4.79 Å². The number of nitrogens with one attached hydrogen (secondary N) is 2. The van der Waals surface area contributed by atoms with Crippen LogP contribution in [0.3, 0.4) is 0 Å². The van der Waals surface area contributed by atoms with Gasteiger partial charge in [-0.15, -0.1) is 0 Å². The fourth-order valence-corrected chi connectivity index (χ4v) is 2.63. The fraction of sp³-hybridized carbons (Fsp3) is 0.174. The Kier molecular flexibility index (Phi) is 7.46. The third-order valence-electron chi connectivity index (χ3n) is 3.97. The van der Waals surface area contributed by atoms with Crippen molar-refractivity contribution in [3.63, 3.8) is 0 Å². The molecular formula is C23H24N2O3. The number of ether oxygens (including phenoxy) is 2. The lowest BCUT2D eigenvalue weighted by Gasteiger charge is -2.13. The number of rotatable bonds is 10. The van der Waals surface area contributed by atoms with E-state index in [0.717, 1.165) is 11.3 Å². The molecule has 0 saturated carbocycles. The smallest absolute Gasteiger partial charge is 0.238 e. The van der Waals surface area contributed by atoms with E-state index in [4.69, 9.17) is 9.47 Å². The van der Waals surface area contributed by atoms with Crippen LogP contribution in [-0.2, 0) is 11.3 Å². The molecule has 28 heavy (non-hydrogen) atoms. The predicted molar refractivity (Wildman–Crippen MR) is 111 cm³/mol. The van der Waals surface area contributed by atoms with Crippen molar-refractivity contribution in [1.29, 1.82) is 0 Å². The van der Waals surface area contributed by atoms with E-state index >= 15 is 0 Å². The van der Waals surface area contributed by atoms with Crippen molar-refractivity contribution in [1.82, 2.24) is 5.32 Å². The summed E-state index contributed by atoms with van der Waals surface area (Å²) in [6.45, 7) is 1.67. The first-order valence-corrected chi connectivity index (χ1v) is 9.25. The molecule has 0 spiro atoms. The Morgan fingerprint density at radius 2 is 1.39 bits per heavy atom. The molecule has 0 aromatic heterocycles. The highest BCUT2D eigenvalue weighted by atomic mass is 16.5. The second-order valence-electron chi connectivity index (χ2n) is 6.14. The molecule has 5 nitrogen and oxygen atoms in total. The molecule has 144 valence electrons. The van der Waals surface area contributed by atoms with Crippen LogP contribution in [0.1, 0.15) is 5.56 Å². The lowest BCUT2D eigenvalue weighted by atomic mass is 10.2. The molecule has 0 saturated heterocycles. The Hall–Kier alpha value is -3.31. The summed E-state index contributed by atoms with van der Waals surface area (Å²) in [5.74, 6) is 1.31. The van der Waals surface area contributed by atoms with Gasteiger partial charge in [0.05, 0.1) is 12.2 Å². The van der Waals surface area contributed by atoms with Crippen LogP contribution in [0.15, 0.2) is 84.9 Å². The lowest BCUT2D eigenvalue weighted by Crippen LogP contribution is -2.28. The van der Waals surface area contributed by atoms with Crippen LogP contribution >= 0.6 is 0 Å². The lowest BCUT2D eigenvalue weighted by molar-refractivity contribution is -0.115. The average Bonchev–Trinajstić information content (AvgIpc) is 2.74. The number of amides is 1. The molecule has 0 unspecified atom stereocenters. The van der Waals surface area contributed by atoms with E-state index in [1.807, 2.05) is 84.9 Å². The molecule has 0 radical (unpaired) electrons. The Bertz CT molecular complexity index is 854. The number of carbonyl (C=O) groups is 1. The van der Waals surface area contributed by atoms with Gasteiger partial charge in [0.2, 0.25) is 5.91 Å². The van der Waals surface area contributed by atoms with Crippen molar-refractivity contribution in [2.45, 2.75) is 6.54 Å². The first-order chi connectivity index (χ1) is 13.8. The quantitative estimate of drug-likeness (QED) is 0.527. The number of para-hydroxylation sites is 3. The zero-order valence-corrected chi connectivity index (χ0v) is 15.6. The van der Waals surface area contributed by atoms with Crippen molar-refractivity contribution in [2.75, 3.05) is 25.1 Å². The van der Waals surface area contributed by atoms with E-state index in [1.165, 1.54) is 0 Å². The number of hydrogen-bond acceptors (Lipinski definition) is 4. The van der Waals surface area contributed by atoms with Gasteiger partial charge in [-0.3, -0.25) is 4.79 Å². The largest absolute Gasteiger partial charge is 0.490 e. The third-order valence-corrected chi connectivity index (χ3v) is 3.97. The van der Waals surface area contributed by atoms with Gasteiger partial charge in [0, 0.05) is 6.54 Å². The van der Waals surface area contributed by atoms with Gasteiger partial charge in [0.15, 0.2) is 0 Å². The van der Waals surface area contributed by atoms with Gasteiger partial charge in [-0.2, -0.15) is 0 Å². The van der Waals surface area contributed by atoms with E-state index in [0.29, 0.717) is 31.2 Å². The van der Waals surface area contributed by atoms with Crippen LogP contribution in [0.2, 0.25) is 0 Å². The van der Waals surface area contributed by atoms with Gasteiger partial charge in [-0.1, -0.05) is 60.7 Å². The molecule has 3 aromatic rings. The summed E-state index contributed by atoms with van der Waals surface area (Å²) in [7, 11) is 0. The predicted octanol–water partition coefficient (Wildman–Crippen LogP) is 3.87. The summed E-state index contributed by atoms with van der Waals surface area (Å²) in [6, 6.07) is 26.9. The maximum Gasteiger partial charge on any atom is 0.238 e. The molecule has 1 amide bonds. The van der Waals surface area contributed by atoms with Crippen molar-refractivity contribution < 1.29 is 14.3 Å². The monoisotopic (exact) mass is 376 g/mol. The second kappa shape index (κ2) is 10.7. The molecule has 0 aliphatic rings. The summed E-state index contributed by atoms with van der Waals surface area (Å²) >= 11 is 0. The van der Waals surface area contributed by atoms with Gasteiger partial charge in [-0.05, 0) is 29.8 Å². The van der Waals surface area contributed by atoms with Crippen molar-refractivity contribution in [3.8, 4) is 11.5 Å². The molecule has 5 heteroatoms. The minimum absolute atomic E-state index is 0.118. The molecule has 0 bridgehead atoms. The van der Waals surface area contributed by atoms with Gasteiger partial charge < -0.3 is 20.1 Å².